The molecule has 16 heteroatoms. The zero-order chi connectivity index (χ0) is 41.3. The summed E-state index contributed by atoms with van der Waals surface area (Å²) in [7, 11) is 1.36. The SMILES string of the molecule is C=C/C(=C\C=C/C)C[C@H]1C[C@@H](N(Cc2cc(C(F)(F)F)cc(C(F)(F)F)c2)c2ncc(N3CCOCC3)cn2)C[C@@H](CC)N1C(O)OC1CCC(C(=O)OC)CC1. The lowest BCUT2D eigenvalue weighted by Crippen LogP contribution is -2.59. The maximum Gasteiger partial charge on any atom is 0.416 e. The number of carbonyl (C=O) groups is 1. The van der Waals surface area contributed by atoms with Crippen LogP contribution in [0, 0.1) is 5.92 Å². The molecule has 2 aromatic rings. The summed E-state index contributed by atoms with van der Waals surface area (Å²) >= 11 is 0. The Labute approximate surface area is 330 Å². The van der Waals surface area contributed by atoms with E-state index in [1.165, 1.54) is 7.11 Å². The molecule has 3 heterocycles. The quantitative estimate of drug-likeness (QED) is 0.0874. The molecule has 1 N–H and O–H groups in total. The summed E-state index contributed by atoms with van der Waals surface area (Å²) in [6.45, 7) is 9.73. The average molecular weight is 810 g/mol. The zero-order valence-corrected chi connectivity index (χ0v) is 32.6. The second-order valence-electron chi connectivity index (χ2n) is 14.8. The lowest BCUT2D eigenvalue weighted by Gasteiger charge is -2.50. The van der Waals surface area contributed by atoms with Crippen molar-refractivity contribution in [1.82, 2.24) is 14.9 Å². The molecule has 0 spiro atoms. The number of aliphatic hydroxyl groups is 1. The molecule has 1 saturated carbocycles. The number of carbonyl (C=O) groups excluding carboxylic acids is 1. The van der Waals surface area contributed by atoms with Gasteiger partial charge in [0.15, 0.2) is 0 Å². The van der Waals surface area contributed by atoms with Crippen molar-refractivity contribution in [3.63, 3.8) is 0 Å². The Morgan fingerprint density at radius 3 is 2.18 bits per heavy atom. The molecule has 1 unspecified atom stereocenters. The third-order valence-corrected chi connectivity index (χ3v) is 11.1. The van der Waals surface area contributed by atoms with Crippen LogP contribution in [0.1, 0.15) is 81.9 Å². The van der Waals surface area contributed by atoms with Gasteiger partial charge >= 0.3 is 18.3 Å². The number of methoxy groups -OCH3 is 1. The van der Waals surface area contributed by atoms with E-state index >= 15 is 0 Å². The summed E-state index contributed by atoms with van der Waals surface area (Å²) in [5.41, 5.74) is -1.43. The molecule has 3 aliphatic rings. The summed E-state index contributed by atoms with van der Waals surface area (Å²) in [5.74, 6) is -0.348. The fourth-order valence-electron chi connectivity index (χ4n) is 8.12. The first-order valence-electron chi connectivity index (χ1n) is 19.5. The van der Waals surface area contributed by atoms with E-state index in [0.717, 1.165) is 17.7 Å². The minimum Gasteiger partial charge on any atom is -0.469 e. The number of allylic oxidation sites excluding steroid dienone is 4. The number of hydrogen-bond acceptors (Lipinski definition) is 10. The molecule has 1 aromatic carbocycles. The molecule has 5 rings (SSSR count). The van der Waals surface area contributed by atoms with Crippen LogP contribution in [-0.4, -0.2) is 90.0 Å². The Morgan fingerprint density at radius 1 is 1.02 bits per heavy atom. The number of ether oxygens (including phenoxy) is 3. The number of likely N-dealkylation sites (tertiary alicyclic amines) is 1. The standard InChI is InChI=1S/C41H53F6N5O5/c1-5-8-9-27(6-2)20-34-23-33(22-32(7-3)52(34)39(54)57-36-12-10-29(11-13-36)37(53)55-4)51(38-48-24-35(25-49-38)50-14-16-56-17-15-50)26-28-18-30(40(42,43)44)21-31(19-28)41(45,46)47/h5-6,8-9,18-19,21,24-25,29,32-34,36,39,54H,2,7,10-17,20,22-23,26H2,1,3-4H3/b8-5-,27-9+/t29?,32-,33+,34+,36?,39?/m1/s1. The highest BCUT2D eigenvalue weighted by Gasteiger charge is 2.43. The molecule has 0 radical (unpaired) electrons. The second kappa shape index (κ2) is 19.6. The number of halogens is 6. The van der Waals surface area contributed by atoms with Gasteiger partial charge in [-0.15, -0.1) is 0 Å². The van der Waals surface area contributed by atoms with Crippen molar-refractivity contribution in [1.29, 1.82) is 0 Å². The number of piperidine rings is 1. The van der Waals surface area contributed by atoms with Gasteiger partial charge in [0.1, 0.15) is 0 Å². The van der Waals surface area contributed by atoms with E-state index in [0.29, 0.717) is 83.4 Å². The van der Waals surface area contributed by atoms with Crippen molar-refractivity contribution in [3.05, 3.63) is 83.7 Å². The fraction of sp³-hybridized carbons (Fsp3) is 0.585. The lowest BCUT2D eigenvalue weighted by atomic mass is 9.85. The first kappa shape index (κ1) is 44.1. The first-order chi connectivity index (χ1) is 27.1. The van der Waals surface area contributed by atoms with Crippen LogP contribution in [-0.2, 0) is 37.9 Å². The van der Waals surface area contributed by atoms with E-state index < -0.39 is 42.0 Å². The van der Waals surface area contributed by atoms with E-state index in [1.807, 2.05) is 41.9 Å². The van der Waals surface area contributed by atoms with Crippen molar-refractivity contribution in [2.45, 2.75) is 115 Å². The highest BCUT2D eigenvalue weighted by atomic mass is 19.4. The normalized spacial score (nSPS) is 24.7. The van der Waals surface area contributed by atoms with Gasteiger partial charge in [-0.05, 0) is 87.6 Å². The predicted molar refractivity (Wildman–Crippen MR) is 203 cm³/mol. The van der Waals surface area contributed by atoms with E-state index in [-0.39, 0.29) is 48.2 Å². The van der Waals surface area contributed by atoms with Crippen molar-refractivity contribution >= 4 is 17.6 Å². The van der Waals surface area contributed by atoms with Crippen LogP contribution in [0.2, 0.25) is 0 Å². The van der Waals surface area contributed by atoms with Gasteiger partial charge in [0.05, 0.1) is 61.6 Å². The number of esters is 1. The minimum absolute atomic E-state index is 0.125. The Hall–Kier alpha value is -3.99. The Morgan fingerprint density at radius 2 is 1.63 bits per heavy atom. The zero-order valence-electron chi connectivity index (χ0n) is 32.6. The molecule has 2 aliphatic heterocycles. The topological polar surface area (TPSA) is 100 Å². The number of rotatable bonds is 14. The number of anilines is 2. The van der Waals surface area contributed by atoms with Crippen molar-refractivity contribution in [3.8, 4) is 0 Å². The Bertz CT molecular complexity index is 1660. The van der Waals surface area contributed by atoms with Crippen molar-refractivity contribution in [2.75, 3.05) is 43.2 Å². The summed E-state index contributed by atoms with van der Waals surface area (Å²) < 4.78 is 101. The van der Waals surface area contributed by atoms with E-state index in [2.05, 4.69) is 16.5 Å². The number of nitrogens with zero attached hydrogens (tertiary/aromatic N) is 5. The second-order valence-corrected chi connectivity index (χ2v) is 14.8. The van der Waals surface area contributed by atoms with Gasteiger partial charge in [-0.3, -0.25) is 4.79 Å². The fourth-order valence-corrected chi connectivity index (χ4v) is 8.12. The van der Waals surface area contributed by atoms with Crippen LogP contribution in [0.5, 0.6) is 0 Å². The molecule has 57 heavy (non-hydrogen) atoms. The molecule has 10 nitrogen and oxygen atoms in total. The van der Waals surface area contributed by atoms with Gasteiger partial charge < -0.3 is 29.1 Å². The number of morpholine rings is 1. The number of aliphatic hydroxyl groups excluding tert-OH is 1. The number of aromatic nitrogens is 2. The van der Waals surface area contributed by atoms with Crippen LogP contribution >= 0.6 is 0 Å². The Kier molecular flexibility index (Phi) is 15.2. The lowest BCUT2D eigenvalue weighted by molar-refractivity contribution is -0.251. The Balaban J connectivity index is 1.52. The van der Waals surface area contributed by atoms with Gasteiger partial charge in [-0.25, -0.2) is 14.9 Å². The van der Waals surface area contributed by atoms with E-state index in [4.69, 9.17) is 14.2 Å². The average Bonchev–Trinajstić information content (AvgIpc) is 3.20. The van der Waals surface area contributed by atoms with Gasteiger partial charge in [0.2, 0.25) is 12.4 Å². The smallest absolute Gasteiger partial charge is 0.416 e. The van der Waals surface area contributed by atoms with Crippen molar-refractivity contribution in [2.24, 2.45) is 5.92 Å². The van der Waals surface area contributed by atoms with Gasteiger partial charge in [0.25, 0.3) is 0 Å². The van der Waals surface area contributed by atoms with Crippen LogP contribution in [0.3, 0.4) is 0 Å². The number of hydrogen-bond donors (Lipinski definition) is 1. The van der Waals surface area contributed by atoms with Gasteiger partial charge in [-0.2, -0.15) is 26.3 Å². The molecule has 1 aliphatic carbocycles. The highest BCUT2D eigenvalue weighted by molar-refractivity contribution is 5.72. The molecule has 0 amide bonds. The molecule has 0 bridgehead atoms. The predicted octanol–water partition coefficient (Wildman–Crippen LogP) is 8.07. The summed E-state index contributed by atoms with van der Waals surface area (Å²) in [6.07, 6.45) is 2.76. The van der Waals surface area contributed by atoms with Gasteiger partial charge in [0, 0.05) is 37.8 Å². The third kappa shape index (κ3) is 11.6. The van der Waals surface area contributed by atoms with Crippen LogP contribution in [0.4, 0.5) is 38.0 Å². The first-order valence-corrected chi connectivity index (χ1v) is 19.5. The number of benzene rings is 1. The van der Waals surface area contributed by atoms with Gasteiger partial charge in [-0.1, -0.05) is 37.8 Å². The summed E-state index contributed by atoms with van der Waals surface area (Å²) in [5, 5.41) is 11.8. The highest BCUT2D eigenvalue weighted by Crippen LogP contribution is 2.40. The van der Waals surface area contributed by atoms with E-state index in [9.17, 15) is 36.2 Å². The summed E-state index contributed by atoms with van der Waals surface area (Å²) in [4.78, 5) is 27.1. The largest absolute Gasteiger partial charge is 0.469 e. The maximum atomic E-state index is 14.0. The molecule has 314 valence electrons. The molecule has 4 atom stereocenters. The van der Waals surface area contributed by atoms with Crippen LogP contribution in [0.25, 0.3) is 0 Å². The molecular formula is C41H53F6N5O5. The van der Waals surface area contributed by atoms with Crippen molar-refractivity contribution < 1.29 is 50.5 Å². The van der Waals surface area contributed by atoms with Crippen LogP contribution in [0.15, 0.2) is 67.0 Å². The number of alkyl halides is 6. The van der Waals surface area contributed by atoms with E-state index in [1.54, 1.807) is 23.4 Å². The maximum absolute atomic E-state index is 14.0. The molecule has 2 saturated heterocycles. The molecule has 3 fully saturated rings. The third-order valence-electron chi connectivity index (χ3n) is 11.1. The van der Waals surface area contributed by atoms with Crippen LogP contribution < -0.4 is 9.80 Å². The minimum atomic E-state index is -5.02. The summed E-state index contributed by atoms with van der Waals surface area (Å²) in [6, 6.07) is 0.398. The molecular weight excluding hydrogens is 756 g/mol. The monoisotopic (exact) mass is 809 g/mol. The molecule has 1 aromatic heterocycles.